The number of carbonyl (C=O) groups is 1. The van der Waals surface area contributed by atoms with Gasteiger partial charge in [-0.05, 0) is 48.0 Å². The second-order valence-electron chi connectivity index (χ2n) is 5.75. The molecule has 0 unspecified atom stereocenters. The van der Waals surface area contributed by atoms with E-state index in [1.807, 2.05) is 0 Å². The van der Waals surface area contributed by atoms with Crippen molar-refractivity contribution in [2.75, 3.05) is 0 Å². The van der Waals surface area contributed by atoms with Crippen LogP contribution >= 0.6 is 23.2 Å². The van der Waals surface area contributed by atoms with Crippen molar-refractivity contribution in [3.05, 3.63) is 94.0 Å². The Kier molecular flexibility index (Phi) is 6.53. The monoisotopic (exact) mass is 448 g/mol. The number of rotatable bonds is 6. The van der Waals surface area contributed by atoms with Gasteiger partial charge in [-0.3, -0.25) is 0 Å². The van der Waals surface area contributed by atoms with Gasteiger partial charge in [-0.2, -0.15) is 13.5 Å². The van der Waals surface area contributed by atoms with E-state index in [0.29, 0.717) is 10.6 Å². The van der Waals surface area contributed by atoms with Crippen LogP contribution in [-0.2, 0) is 10.0 Å². The zero-order valence-corrected chi connectivity index (χ0v) is 17.1. The number of hydrogen-bond acceptors (Lipinski definition) is 5. The number of ether oxygens (including phenoxy) is 1. The molecule has 0 atom stereocenters. The lowest BCUT2D eigenvalue weighted by Gasteiger charge is -2.07. The molecule has 3 rings (SSSR count). The van der Waals surface area contributed by atoms with Crippen molar-refractivity contribution in [1.82, 2.24) is 4.83 Å². The van der Waals surface area contributed by atoms with Crippen molar-refractivity contribution in [1.29, 1.82) is 0 Å². The first-order chi connectivity index (χ1) is 13.8. The summed E-state index contributed by atoms with van der Waals surface area (Å²) in [5, 5.41) is 4.33. The van der Waals surface area contributed by atoms with Crippen molar-refractivity contribution in [2.24, 2.45) is 5.10 Å². The molecule has 9 heteroatoms. The number of halogens is 2. The van der Waals surface area contributed by atoms with Gasteiger partial charge in [-0.25, -0.2) is 9.63 Å². The number of hydrazone groups is 1. The summed E-state index contributed by atoms with van der Waals surface area (Å²) in [6, 6.07) is 18.7. The van der Waals surface area contributed by atoms with Gasteiger partial charge in [0.1, 0.15) is 5.75 Å². The minimum Gasteiger partial charge on any atom is -0.423 e. The third kappa shape index (κ3) is 5.57. The first-order valence-corrected chi connectivity index (χ1v) is 10.5. The number of nitrogens with zero attached hydrogens (tertiary/aromatic N) is 1. The van der Waals surface area contributed by atoms with Crippen LogP contribution in [0.1, 0.15) is 15.9 Å². The Morgan fingerprint density at radius 2 is 1.72 bits per heavy atom. The lowest BCUT2D eigenvalue weighted by atomic mass is 10.2. The molecule has 29 heavy (non-hydrogen) atoms. The first kappa shape index (κ1) is 20.9. The molecule has 148 valence electrons. The van der Waals surface area contributed by atoms with E-state index in [2.05, 4.69) is 9.93 Å². The molecular formula is C20H14Cl2N2O4S. The van der Waals surface area contributed by atoms with Crippen molar-refractivity contribution in [3.63, 3.8) is 0 Å². The van der Waals surface area contributed by atoms with E-state index in [9.17, 15) is 13.2 Å². The molecule has 0 aliphatic rings. The van der Waals surface area contributed by atoms with Crippen molar-refractivity contribution in [2.45, 2.75) is 4.90 Å². The van der Waals surface area contributed by atoms with Crippen molar-refractivity contribution >= 4 is 45.4 Å². The lowest BCUT2D eigenvalue weighted by molar-refractivity contribution is 0.0735. The minimum absolute atomic E-state index is 0.0969. The van der Waals surface area contributed by atoms with Gasteiger partial charge in [0, 0.05) is 5.02 Å². The maximum Gasteiger partial charge on any atom is 0.345 e. The molecule has 0 fully saturated rings. The maximum atomic E-state index is 12.3. The van der Waals surface area contributed by atoms with Crippen LogP contribution in [0.15, 0.2) is 82.8 Å². The van der Waals surface area contributed by atoms with Gasteiger partial charge in [0.2, 0.25) is 0 Å². The minimum atomic E-state index is -3.76. The number of benzene rings is 3. The Bertz CT molecular complexity index is 1170. The largest absolute Gasteiger partial charge is 0.423 e. The summed E-state index contributed by atoms with van der Waals surface area (Å²) in [6.45, 7) is 0. The fourth-order valence-electron chi connectivity index (χ4n) is 2.30. The lowest BCUT2D eigenvalue weighted by Crippen LogP contribution is -2.18. The zero-order valence-electron chi connectivity index (χ0n) is 14.7. The maximum absolute atomic E-state index is 12.3. The molecule has 0 aliphatic heterocycles. The quantitative estimate of drug-likeness (QED) is 0.260. The summed E-state index contributed by atoms with van der Waals surface area (Å²) < 4.78 is 29.6. The van der Waals surface area contributed by atoms with Crippen molar-refractivity contribution < 1.29 is 17.9 Å². The molecule has 0 saturated heterocycles. The second-order valence-corrected chi connectivity index (χ2v) is 8.26. The molecule has 0 spiro atoms. The van der Waals surface area contributed by atoms with Crippen LogP contribution in [0.3, 0.4) is 0 Å². The molecule has 0 saturated carbocycles. The van der Waals surface area contributed by atoms with Crippen LogP contribution in [0.5, 0.6) is 5.75 Å². The van der Waals surface area contributed by atoms with E-state index >= 15 is 0 Å². The molecule has 0 aromatic heterocycles. The highest BCUT2D eigenvalue weighted by Gasteiger charge is 2.14. The number of carbonyl (C=O) groups excluding carboxylic acids is 1. The number of hydrogen-bond donors (Lipinski definition) is 1. The van der Waals surface area contributed by atoms with Crippen LogP contribution < -0.4 is 9.57 Å². The molecule has 0 aliphatic carbocycles. The Balaban J connectivity index is 1.69. The van der Waals surface area contributed by atoms with Gasteiger partial charge >= 0.3 is 5.97 Å². The molecule has 0 radical (unpaired) electrons. The highest BCUT2D eigenvalue weighted by molar-refractivity contribution is 7.89. The molecule has 0 bridgehead atoms. The van der Waals surface area contributed by atoms with Gasteiger partial charge < -0.3 is 4.74 Å². The topological polar surface area (TPSA) is 84.8 Å². The summed E-state index contributed by atoms with van der Waals surface area (Å²) in [5.74, 6) is -0.401. The average Bonchev–Trinajstić information content (AvgIpc) is 2.69. The average molecular weight is 449 g/mol. The van der Waals surface area contributed by atoms with Gasteiger partial charge in [0.05, 0.1) is 21.7 Å². The standard InChI is InChI=1S/C20H14Cl2N2O4S/c21-15-9-10-18(19(22)12-15)20(25)28-16-6-4-5-14(11-16)13-23-24-29(26,27)17-7-2-1-3-8-17/h1-13,24H/b23-13-. The van der Waals surface area contributed by atoms with Crippen molar-refractivity contribution in [3.8, 4) is 5.75 Å². The molecule has 1 N–H and O–H groups in total. The first-order valence-electron chi connectivity index (χ1n) is 8.22. The van der Waals surface area contributed by atoms with E-state index in [0.717, 1.165) is 0 Å². The molecule has 0 heterocycles. The summed E-state index contributed by atoms with van der Waals surface area (Å²) in [5.41, 5.74) is 0.694. The normalized spacial score (nSPS) is 11.4. The molecule has 6 nitrogen and oxygen atoms in total. The molecule has 0 amide bonds. The van der Waals surface area contributed by atoms with Crippen LogP contribution in [0, 0.1) is 0 Å². The van der Waals surface area contributed by atoms with Crippen LogP contribution in [-0.4, -0.2) is 20.6 Å². The third-order valence-corrected chi connectivity index (χ3v) is 5.45. The highest BCUT2D eigenvalue weighted by Crippen LogP contribution is 2.23. The molecule has 3 aromatic carbocycles. The van der Waals surface area contributed by atoms with E-state index in [1.54, 1.807) is 36.4 Å². The fraction of sp³-hybridized carbons (Fsp3) is 0. The smallest absolute Gasteiger partial charge is 0.345 e. The van der Waals surface area contributed by atoms with Crippen LogP contribution in [0.25, 0.3) is 0 Å². The predicted octanol–water partition coefficient (Wildman–Crippen LogP) is 4.53. The van der Waals surface area contributed by atoms with Gasteiger partial charge in [-0.15, -0.1) is 0 Å². The summed E-state index contributed by atoms with van der Waals surface area (Å²) >= 11 is 11.8. The van der Waals surface area contributed by atoms with E-state index < -0.39 is 16.0 Å². The van der Waals surface area contributed by atoms with Gasteiger partial charge in [0.15, 0.2) is 0 Å². The second kappa shape index (κ2) is 9.09. The van der Waals surface area contributed by atoms with Gasteiger partial charge in [0.25, 0.3) is 10.0 Å². The Morgan fingerprint density at radius 3 is 2.45 bits per heavy atom. The Morgan fingerprint density at radius 1 is 0.966 bits per heavy atom. The summed E-state index contributed by atoms with van der Waals surface area (Å²) in [7, 11) is -3.76. The SMILES string of the molecule is O=C(Oc1cccc(/C=N\NS(=O)(=O)c2ccccc2)c1)c1ccc(Cl)cc1Cl. The third-order valence-electron chi connectivity index (χ3n) is 3.66. The summed E-state index contributed by atoms with van der Waals surface area (Å²) in [4.78, 5) is 14.5. The number of esters is 1. The number of sulfonamides is 1. The van der Waals surface area contributed by atoms with E-state index in [1.165, 1.54) is 42.6 Å². The Hall–Kier alpha value is -2.87. The van der Waals surface area contributed by atoms with Crippen LogP contribution in [0.2, 0.25) is 10.0 Å². The van der Waals surface area contributed by atoms with Gasteiger partial charge in [-0.1, -0.05) is 53.5 Å². The van der Waals surface area contributed by atoms with Crippen LogP contribution in [0.4, 0.5) is 0 Å². The predicted molar refractivity (Wildman–Crippen MR) is 112 cm³/mol. The zero-order chi connectivity index (χ0) is 20.9. The van der Waals surface area contributed by atoms with E-state index in [-0.39, 0.29) is 21.2 Å². The molecule has 3 aromatic rings. The number of nitrogens with one attached hydrogen (secondary N) is 1. The molecular weight excluding hydrogens is 435 g/mol. The summed E-state index contributed by atoms with van der Waals surface area (Å²) in [6.07, 6.45) is 1.30. The fourth-order valence-corrected chi connectivity index (χ4v) is 3.60. The van der Waals surface area contributed by atoms with E-state index in [4.69, 9.17) is 27.9 Å². The highest BCUT2D eigenvalue weighted by atomic mass is 35.5. The Labute approximate surface area is 177 Å².